The number of anilines is 1. The first-order valence-corrected chi connectivity index (χ1v) is 7.83. The minimum Gasteiger partial charge on any atom is -0.393 e. The monoisotopic (exact) mass is 301 g/mol. The second kappa shape index (κ2) is 6.67. The van der Waals surface area contributed by atoms with E-state index in [1.54, 1.807) is 0 Å². The maximum absolute atomic E-state index is 12.1. The summed E-state index contributed by atoms with van der Waals surface area (Å²) in [7, 11) is -3.69. The Bertz CT molecular complexity index is 582. The van der Waals surface area contributed by atoms with Crippen molar-refractivity contribution in [2.24, 2.45) is 5.92 Å². The van der Waals surface area contributed by atoms with E-state index < -0.39 is 14.9 Å². The molecule has 20 heavy (non-hydrogen) atoms. The number of nitrogen functional groups attached to an aromatic ring is 1. The molecule has 0 unspecified atom stereocenters. The summed E-state index contributed by atoms with van der Waals surface area (Å²) in [6.07, 6.45) is 1.75. The molecule has 0 aliphatic heterocycles. The van der Waals surface area contributed by atoms with Crippen LogP contribution in [0.1, 0.15) is 26.7 Å². The highest BCUT2D eigenvalue weighted by atomic mass is 32.2. The van der Waals surface area contributed by atoms with Gasteiger partial charge in [0.2, 0.25) is 10.0 Å². The van der Waals surface area contributed by atoms with Crippen molar-refractivity contribution in [3.8, 4) is 0 Å². The van der Waals surface area contributed by atoms with Gasteiger partial charge in [0, 0.05) is 12.6 Å². The smallest absolute Gasteiger partial charge is 0.292 e. The third kappa shape index (κ3) is 3.91. The first-order valence-electron chi connectivity index (χ1n) is 6.35. The quantitative estimate of drug-likeness (QED) is 0.453. The van der Waals surface area contributed by atoms with Gasteiger partial charge in [-0.15, -0.1) is 0 Å². The minimum absolute atomic E-state index is 0.0634. The maximum Gasteiger partial charge on any atom is 0.292 e. The molecule has 0 spiro atoms. The summed E-state index contributed by atoms with van der Waals surface area (Å²) < 4.78 is 26.6. The number of nitro benzene ring substituents is 1. The molecule has 0 fully saturated rings. The topological polar surface area (TPSA) is 115 Å². The van der Waals surface area contributed by atoms with Crippen LogP contribution in [0.25, 0.3) is 0 Å². The first-order chi connectivity index (χ1) is 9.31. The van der Waals surface area contributed by atoms with Crippen LogP contribution in [0.15, 0.2) is 23.1 Å². The predicted octanol–water partition coefficient (Wildman–Crippen LogP) is 1.89. The number of sulfonamides is 1. The van der Waals surface area contributed by atoms with Crippen molar-refractivity contribution in [2.75, 3.05) is 12.3 Å². The molecule has 1 aromatic carbocycles. The van der Waals surface area contributed by atoms with Crippen LogP contribution in [-0.4, -0.2) is 19.9 Å². The summed E-state index contributed by atoms with van der Waals surface area (Å²) in [5, 5.41) is 10.6. The largest absolute Gasteiger partial charge is 0.393 e. The highest BCUT2D eigenvalue weighted by molar-refractivity contribution is 7.89. The molecule has 0 atom stereocenters. The Morgan fingerprint density at radius 3 is 2.40 bits per heavy atom. The van der Waals surface area contributed by atoms with E-state index in [0.29, 0.717) is 6.54 Å². The third-order valence-corrected chi connectivity index (χ3v) is 4.64. The zero-order valence-electron chi connectivity index (χ0n) is 11.5. The van der Waals surface area contributed by atoms with Crippen LogP contribution in [0, 0.1) is 16.0 Å². The SMILES string of the molecule is CCC(CC)CNS(=O)(=O)c1ccc([N+](=O)[O-])c(N)c1. The van der Waals surface area contributed by atoms with Crippen molar-refractivity contribution >= 4 is 21.4 Å². The number of hydrogen-bond acceptors (Lipinski definition) is 5. The average molecular weight is 301 g/mol. The van der Waals surface area contributed by atoms with Crippen molar-refractivity contribution in [1.29, 1.82) is 0 Å². The number of rotatable bonds is 7. The Morgan fingerprint density at radius 1 is 1.35 bits per heavy atom. The second-order valence-corrected chi connectivity index (χ2v) is 6.28. The van der Waals surface area contributed by atoms with E-state index >= 15 is 0 Å². The normalized spacial score (nSPS) is 11.8. The number of nitrogens with zero attached hydrogens (tertiary/aromatic N) is 1. The van der Waals surface area contributed by atoms with Gasteiger partial charge in [-0.05, 0) is 18.1 Å². The molecule has 0 aromatic heterocycles. The van der Waals surface area contributed by atoms with Crippen molar-refractivity contribution < 1.29 is 13.3 Å². The van der Waals surface area contributed by atoms with Gasteiger partial charge in [-0.1, -0.05) is 26.7 Å². The number of nitro groups is 1. The van der Waals surface area contributed by atoms with E-state index in [1.807, 2.05) is 13.8 Å². The van der Waals surface area contributed by atoms with Gasteiger partial charge in [-0.2, -0.15) is 0 Å². The molecule has 112 valence electrons. The summed E-state index contributed by atoms with van der Waals surface area (Å²) in [6.45, 7) is 4.32. The summed E-state index contributed by atoms with van der Waals surface area (Å²) in [6, 6.07) is 3.39. The maximum atomic E-state index is 12.1. The number of nitrogens with two attached hydrogens (primary N) is 1. The second-order valence-electron chi connectivity index (χ2n) is 4.51. The van der Waals surface area contributed by atoms with Crippen LogP contribution in [0.2, 0.25) is 0 Å². The molecule has 8 heteroatoms. The lowest BCUT2D eigenvalue weighted by Gasteiger charge is -2.13. The van der Waals surface area contributed by atoms with E-state index in [-0.39, 0.29) is 22.2 Å². The molecule has 1 aromatic rings. The zero-order valence-corrected chi connectivity index (χ0v) is 12.3. The van der Waals surface area contributed by atoms with Crippen molar-refractivity contribution in [3.63, 3.8) is 0 Å². The fraction of sp³-hybridized carbons (Fsp3) is 0.500. The van der Waals surface area contributed by atoms with Gasteiger partial charge in [0.1, 0.15) is 5.69 Å². The Kier molecular flexibility index (Phi) is 5.46. The molecule has 0 amide bonds. The Balaban J connectivity index is 2.93. The van der Waals surface area contributed by atoms with E-state index in [2.05, 4.69) is 4.72 Å². The Morgan fingerprint density at radius 2 is 1.95 bits per heavy atom. The summed E-state index contributed by atoms with van der Waals surface area (Å²) >= 11 is 0. The Labute approximate surface area is 118 Å². The van der Waals surface area contributed by atoms with Crippen LogP contribution in [-0.2, 0) is 10.0 Å². The molecular formula is C12H19N3O4S. The highest BCUT2D eigenvalue weighted by Gasteiger charge is 2.19. The minimum atomic E-state index is -3.69. The lowest BCUT2D eigenvalue weighted by atomic mass is 10.0. The molecule has 0 saturated carbocycles. The lowest BCUT2D eigenvalue weighted by molar-refractivity contribution is -0.383. The lowest BCUT2D eigenvalue weighted by Crippen LogP contribution is -2.29. The van der Waals surface area contributed by atoms with Crippen LogP contribution in [0.3, 0.4) is 0 Å². The molecule has 0 aliphatic carbocycles. The van der Waals surface area contributed by atoms with Gasteiger partial charge in [0.25, 0.3) is 5.69 Å². The van der Waals surface area contributed by atoms with Crippen LogP contribution < -0.4 is 10.5 Å². The molecule has 7 nitrogen and oxygen atoms in total. The number of benzene rings is 1. The summed E-state index contributed by atoms with van der Waals surface area (Å²) in [4.78, 5) is 9.92. The van der Waals surface area contributed by atoms with Crippen LogP contribution in [0.4, 0.5) is 11.4 Å². The molecule has 0 aliphatic rings. The van der Waals surface area contributed by atoms with Crippen LogP contribution >= 0.6 is 0 Å². The fourth-order valence-electron chi connectivity index (χ4n) is 1.75. The van der Waals surface area contributed by atoms with Gasteiger partial charge in [-0.25, -0.2) is 13.1 Å². The third-order valence-electron chi connectivity index (χ3n) is 3.22. The van der Waals surface area contributed by atoms with Crippen molar-refractivity contribution in [1.82, 2.24) is 4.72 Å². The summed E-state index contributed by atoms with van der Waals surface area (Å²) in [5.41, 5.74) is 5.03. The predicted molar refractivity (Wildman–Crippen MR) is 76.8 cm³/mol. The van der Waals surface area contributed by atoms with Gasteiger partial charge in [0.15, 0.2) is 0 Å². The molecule has 3 N–H and O–H groups in total. The molecular weight excluding hydrogens is 282 g/mol. The molecule has 0 heterocycles. The summed E-state index contributed by atoms with van der Waals surface area (Å²) in [5.74, 6) is 0.264. The average Bonchev–Trinajstić information content (AvgIpc) is 2.39. The standard InChI is InChI=1S/C12H19N3O4S/c1-3-9(4-2)8-14-20(18,19)10-5-6-12(15(16)17)11(13)7-10/h5-7,9,14H,3-4,8,13H2,1-2H3. The van der Waals surface area contributed by atoms with Gasteiger partial charge < -0.3 is 5.73 Å². The van der Waals surface area contributed by atoms with Gasteiger partial charge in [0.05, 0.1) is 9.82 Å². The molecule has 0 bridgehead atoms. The fourth-order valence-corrected chi connectivity index (χ4v) is 2.91. The highest BCUT2D eigenvalue weighted by Crippen LogP contribution is 2.24. The van der Waals surface area contributed by atoms with Gasteiger partial charge >= 0.3 is 0 Å². The van der Waals surface area contributed by atoms with Crippen LogP contribution in [0.5, 0.6) is 0 Å². The number of nitrogens with one attached hydrogen (secondary N) is 1. The first kappa shape index (κ1) is 16.4. The van der Waals surface area contributed by atoms with E-state index in [9.17, 15) is 18.5 Å². The Hall–Kier alpha value is -1.67. The molecule has 0 radical (unpaired) electrons. The van der Waals surface area contributed by atoms with E-state index in [0.717, 1.165) is 25.0 Å². The van der Waals surface area contributed by atoms with Crippen molar-refractivity contribution in [3.05, 3.63) is 28.3 Å². The van der Waals surface area contributed by atoms with E-state index in [1.165, 1.54) is 6.07 Å². The molecule has 0 saturated heterocycles. The van der Waals surface area contributed by atoms with E-state index in [4.69, 9.17) is 5.73 Å². The van der Waals surface area contributed by atoms with Crippen molar-refractivity contribution in [2.45, 2.75) is 31.6 Å². The zero-order chi connectivity index (χ0) is 15.3. The molecule has 1 rings (SSSR count). The number of hydrogen-bond donors (Lipinski definition) is 2. The van der Waals surface area contributed by atoms with Gasteiger partial charge in [-0.3, -0.25) is 10.1 Å².